The predicted molar refractivity (Wildman–Crippen MR) is 83.0 cm³/mol. The molecular weight excluding hydrogens is 331 g/mol. The number of hydrogen-bond acceptors (Lipinski definition) is 0. The van der Waals surface area contributed by atoms with Crippen molar-refractivity contribution in [1.29, 1.82) is 0 Å². The Kier molecular flexibility index (Phi) is 4.71. The van der Waals surface area contributed by atoms with Gasteiger partial charge in [0.15, 0.2) is 0 Å². The number of rotatable bonds is 3. The van der Waals surface area contributed by atoms with Crippen LogP contribution in [-0.2, 0) is 0 Å². The highest BCUT2D eigenvalue weighted by molar-refractivity contribution is 9.09. The van der Waals surface area contributed by atoms with Crippen LogP contribution in [0.4, 0.5) is 0 Å². The molecule has 0 aliphatic heterocycles. The summed E-state index contributed by atoms with van der Waals surface area (Å²) in [4.78, 5) is 0.171. The van der Waals surface area contributed by atoms with Gasteiger partial charge < -0.3 is 0 Å². The molecular formula is C15H13BrCl2. The third-order valence-corrected chi connectivity index (χ3v) is 4.87. The first-order valence-corrected chi connectivity index (χ1v) is 7.40. The molecule has 0 aliphatic rings. The van der Waals surface area contributed by atoms with Gasteiger partial charge in [0.05, 0.1) is 0 Å². The minimum absolute atomic E-state index is 0.171. The SMILES string of the molecule is CC(c1ccccc1)C(Br)c1ccc(Cl)cc1Cl. The highest BCUT2D eigenvalue weighted by Crippen LogP contribution is 2.41. The number of alkyl halides is 1. The fraction of sp³-hybridized carbons (Fsp3) is 0.200. The topological polar surface area (TPSA) is 0 Å². The lowest BCUT2D eigenvalue weighted by molar-refractivity contribution is 0.752. The molecule has 0 spiro atoms. The highest BCUT2D eigenvalue weighted by Gasteiger charge is 2.20. The van der Waals surface area contributed by atoms with Crippen LogP contribution in [0.5, 0.6) is 0 Å². The van der Waals surface area contributed by atoms with Crippen LogP contribution in [0.15, 0.2) is 48.5 Å². The zero-order chi connectivity index (χ0) is 13.1. The van der Waals surface area contributed by atoms with E-state index in [0.29, 0.717) is 16.0 Å². The second-order valence-electron chi connectivity index (χ2n) is 4.27. The lowest BCUT2D eigenvalue weighted by Gasteiger charge is -2.20. The Labute approximate surface area is 126 Å². The molecule has 0 aromatic heterocycles. The molecule has 2 unspecified atom stereocenters. The van der Waals surface area contributed by atoms with Crippen molar-refractivity contribution >= 4 is 39.1 Å². The summed E-state index contributed by atoms with van der Waals surface area (Å²) in [6.07, 6.45) is 0. The van der Waals surface area contributed by atoms with Crippen LogP contribution in [0.3, 0.4) is 0 Å². The van der Waals surface area contributed by atoms with Gasteiger partial charge in [0.25, 0.3) is 0 Å². The van der Waals surface area contributed by atoms with E-state index in [1.807, 2.05) is 18.2 Å². The summed E-state index contributed by atoms with van der Waals surface area (Å²) in [7, 11) is 0. The predicted octanol–water partition coefficient (Wildman–Crippen LogP) is 6.23. The average Bonchev–Trinajstić information content (AvgIpc) is 2.38. The summed E-state index contributed by atoms with van der Waals surface area (Å²) in [5.74, 6) is 0.338. The first-order valence-electron chi connectivity index (χ1n) is 5.73. The quantitative estimate of drug-likeness (QED) is 0.579. The fourth-order valence-electron chi connectivity index (χ4n) is 1.92. The van der Waals surface area contributed by atoms with Gasteiger partial charge in [-0.05, 0) is 29.2 Å². The molecule has 0 heterocycles. The van der Waals surface area contributed by atoms with Crippen molar-refractivity contribution < 1.29 is 0 Å². The summed E-state index contributed by atoms with van der Waals surface area (Å²) in [6, 6.07) is 16.0. The van der Waals surface area contributed by atoms with Crippen LogP contribution in [-0.4, -0.2) is 0 Å². The van der Waals surface area contributed by atoms with Crippen molar-refractivity contribution in [3.63, 3.8) is 0 Å². The van der Waals surface area contributed by atoms with Gasteiger partial charge in [0.1, 0.15) is 0 Å². The van der Waals surface area contributed by atoms with E-state index in [4.69, 9.17) is 23.2 Å². The lowest BCUT2D eigenvalue weighted by Crippen LogP contribution is -2.02. The standard InChI is InChI=1S/C15H13BrCl2/c1-10(11-5-3-2-4-6-11)15(16)13-8-7-12(17)9-14(13)18/h2-10,15H,1H3. The van der Waals surface area contributed by atoms with Crippen molar-refractivity contribution in [2.45, 2.75) is 17.7 Å². The Balaban J connectivity index is 2.28. The number of halogens is 3. The molecule has 3 heteroatoms. The third kappa shape index (κ3) is 3.09. The molecule has 94 valence electrons. The molecule has 0 bridgehead atoms. The molecule has 2 atom stereocenters. The van der Waals surface area contributed by atoms with Crippen molar-refractivity contribution in [2.75, 3.05) is 0 Å². The molecule has 0 radical (unpaired) electrons. The molecule has 0 saturated carbocycles. The van der Waals surface area contributed by atoms with E-state index in [0.717, 1.165) is 5.56 Å². The van der Waals surface area contributed by atoms with E-state index in [1.165, 1.54) is 5.56 Å². The Morgan fingerprint density at radius 3 is 2.28 bits per heavy atom. The van der Waals surface area contributed by atoms with Crippen LogP contribution < -0.4 is 0 Å². The van der Waals surface area contributed by atoms with Gasteiger partial charge >= 0.3 is 0 Å². The first-order chi connectivity index (χ1) is 8.59. The molecule has 2 rings (SSSR count). The molecule has 2 aromatic carbocycles. The van der Waals surface area contributed by atoms with Crippen LogP contribution in [0.1, 0.15) is 28.8 Å². The minimum atomic E-state index is 0.171. The van der Waals surface area contributed by atoms with Crippen molar-refractivity contribution in [1.82, 2.24) is 0 Å². The molecule has 0 nitrogen and oxygen atoms in total. The van der Waals surface area contributed by atoms with Gasteiger partial charge in [-0.3, -0.25) is 0 Å². The summed E-state index contributed by atoms with van der Waals surface area (Å²) in [5, 5.41) is 1.36. The van der Waals surface area contributed by atoms with Crippen LogP contribution in [0.2, 0.25) is 10.0 Å². The van der Waals surface area contributed by atoms with E-state index in [-0.39, 0.29) is 4.83 Å². The van der Waals surface area contributed by atoms with Gasteiger partial charge in [-0.1, -0.05) is 82.5 Å². The van der Waals surface area contributed by atoms with Crippen LogP contribution >= 0.6 is 39.1 Å². The molecule has 0 saturated heterocycles. The maximum absolute atomic E-state index is 6.24. The van der Waals surface area contributed by atoms with Crippen LogP contribution in [0.25, 0.3) is 0 Å². The van der Waals surface area contributed by atoms with Gasteiger partial charge in [-0.2, -0.15) is 0 Å². The number of benzene rings is 2. The monoisotopic (exact) mass is 342 g/mol. The Morgan fingerprint density at radius 2 is 1.67 bits per heavy atom. The fourth-order valence-corrected chi connectivity index (χ4v) is 3.28. The van der Waals surface area contributed by atoms with Gasteiger partial charge in [0.2, 0.25) is 0 Å². The third-order valence-electron chi connectivity index (χ3n) is 3.02. The van der Waals surface area contributed by atoms with Crippen LogP contribution in [0, 0.1) is 0 Å². The maximum Gasteiger partial charge on any atom is 0.0475 e. The summed E-state index contributed by atoms with van der Waals surface area (Å²) < 4.78 is 0. The molecule has 2 aromatic rings. The van der Waals surface area contributed by atoms with Gasteiger partial charge in [-0.25, -0.2) is 0 Å². The molecule has 0 amide bonds. The van der Waals surface area contributed by atoms with Gasteiger partial charge in [0, 0.05) is 14.9 Å². The smallest absolute Gasteiger partial charge is 0.0475 e. The molecule has 18 heavy (non-hydrogen) atoms. The maximum atomic E-state index is 6.24. The Bertz CT molecular complexity index is 525. The van der Waals surface area contributed by atoms with E-state index >= 15 is 0 Å². The lowest BCUT2D eigenvalue weighted by atomic mass is 9.93. The second kappa shape index (κ2) is 6.10. The highest BCUT2D eigenvalue weighted by atomic mass is 79.9. The number of hydrogen-bond donors (Lipinski definition) is 0. The van der Waals surface area contributed by atoms with E-state index in [1.54, 1.807) is 6.07 Å². The second-order valence-corrected chi connectivity index (χ2v) is 6.10. The van der Waals surface area contributed by atoms with E-state index < -0.39 is 0 Å². The van der Waals surface area contributed by atoms with Crippen molar-refractivity contribution in [3.05, 3.63) is 69.7 Å². The summed E-state index contributed by atoms with van der Waals surface area (Å²) in [6.45, 7) is 2.18. The zero-order valence-electron chi connectivity index (χ0n) is 9.91. The minimum Gasteiger partial charge on any atom is -0.0843 e. The van der Waals surface area contributed by atoms with E-state index in [2.05, 4.69) is 47.1 Å². The summed E-state index contributed by atoms with van der Waals surface area (Å²) in [5.41, 5.74) is 2.35. The average molecular weight is 344 g/mol. The Morgan fingerprint density at radius 1 is 1.00 bits per heavy atom. The molecule has 0 fully saturated rings. The zero-order valence-corrected chi connectivity index (χ0v) is 13.0. The van der Waals surface area contributed by atoms with Crippen molar-refractivity contribution in [3.8, 4) is 0 Å². The van der Waals surface area contributed by atoms with Gasteiger partial charge in [-0.15, -0.1) is 0 Å². The molecule has 0 aliphatic carbocycles. The van der Waals surface area contributed by atoms with Crippen molar-refractivity contribution in [2.24, 2.45) is 0 Å². The van der Waals surface area contributed by atoms with E-state index in [9.17, 15) is 0 Å². The largest absolute Gasteiger partial charge is 0.0843 e. The normalized spacial score (nSPS) is 14.2. The summed E-state index contributed by atoms with van der Waals surface area (Å²) >= 11 is 15.9. The Hall–Kier alpha value is -0.500. The first kappa shape index (κ1) is 13.9. The molecule has 0 N–H and O–H groups in total.